The summed E-state index contributed by atoms with van der Waals surface area (Å²) < 4.78 is 5.49. The molecule has 0 saturated heterocycles. The number of hydrogen-bond acceptors (Lipinski definition) is 3. The van der Waals surface area contributed by atoms with E-state index in [1.165, 1.54) is 0 Å². The van der Waals surface area contributed by atoms with Gasteiger partial charge in [0.15, 0.2) is 0 Å². The van der Waals surface area contributed by atoms with Crippen molar-refractivity contribution < 1.29 is 9.84 Å². The van der Waals surface area contributed by atoms with Gasteiger partial charge in [0.05, 0.1) is 12.2 Å². The Morgan fingerprint density at radius 3 is 2.55 bits per heavy atom. The summed E-state index contributed by atoms with van der Waals surface area (Å²) >= 11 is 0. The molecule has 0 aliphatic rings. The predicted octanol–water partition coefficient (Wildman–Crippen LogP) is 0.383. The first-order chi connectivity index (χ1) is 5.12. The summed E-state index contributed by atoms with van der Waals surface area (Å²) in [6, 6.07) is 0. The summed E-state index contributed by atoms with van der Waals surface area (Å²) in [6.45, 7) is 5.71. The van der Waals surface area contributed by atoms with Crippen LogP contribution in [-0.4, -0.2) is 37.5 Å². The van der Waals surface area contributed by atoms with E-state index < -0.39 is 0 Å². The molecule has 3 heteroatoms. The minimum absolute atomic E-state index is 0.187. The summed E-state index contributed by atoms with van der Waals surface area (Å²) in [7, 11) is 1.89. The van der Waals surface area contributed by atoms with E-state index in [0.717, 1.165) is 6.54 Å². The van der Waals surface area contributed by atoms with Gasteiger partial charge in [0.1, 0.15) is 0 Å². The molecule has 0 amide bonds. The van der Waals surface area contributed by atoms with Crippen LogP contribution in [0.5, 0.6) is 0 Å². The van der Waals surface area contributed by atoms with Crippen LogP contribution in [0.3, 0.4) is 0 Å². The largest absolute Gasteiger partial charge is 0.396 e. The van der Waals surface area contributed by atoms with Crippen molar-refractivity contribution in [1.29, 1.82) is 0 Å². The predicted molar refractivity (Wildman–Crippen MR) is 45.7 cm³/mol. The summed E-state index contributed by atoms with van der Waals surface area (Å²) in [5.41, 5.74) is -0.189. The molecule has 0 bridgehead atoms. The molecule has 11 heavy (non-hydrogen) atoms. The van der Waals surface area contributed by atoms with Gasteiger partial charge in [0.2, 0.25) is 0 Å². The van der Waals surface area contributed by atoms with Crippen molar-refractivity contribution in [2.24, 2.45) is 0 Å². The number of likely N-dealkylation sites (N-methyl/N-ethyl adjacent to an activating group) is 1. The maximum absolute atomic E-state index is 8.66. The highest BCUT2D eigenvalue weighted by Gasteiger charge is 2.16. The average molecular weight is 161 g/mol. The zero-order valence-electron chi connectivity index (χ0n) is 7.68. The number of hydrogen-bond donors (Lipinski definition) is 2. The molecule has 0 aromatic carbocycles. The quantitative estimate of drug-likeness (QED) is 0.553. The van der Waals surface area contributed by atoms with Crippen LogP contribution >= 0.6 is 0 Å². The number of ether oxygens (including phenoxy) is 1. The van der Waals surface area contributed by atoms with Gasteiger partial charge in [-0.2, -0.15) is 0 Å². The Balaban J connectivity index is 3.38. The minimum Gasteiger partial charge on any atom is -0.396 e. The first-order valence-electron chi connectivity index (χ1n) is 4.02. The summed E-state index contributed by atoms with van der Waals surface area (Å²) in [4.78, 5) is 0. The molecular formula is C8H19NO2. The van der Waals surface area contributed by atoms with Crippen molar-refractivity contribution in [3.63, 3.8) is 0 Å². The Hall–Kier alpha value is -0.120. The Morgan fingerprint density at radius 2 is 2.09 bits per heavy atom. The monoisotopic (exact) mass is 161 g/mol. The fourth-order valence-electron chi connectivity index (χ4n) is 0.771. The van der Waals surface area contributed by atoms with Crippen LogP contribution in [0.15, 0.2) is 0 Å². The molecular weight excluding hydrogens is 142 g/mol. The lowest BCUT2D eigenvalue weighted by Crippen LogP contribution is -2.29. The molecule has 0 aliphatic carbocycles. The molecule has 3 nitrogen and oxygen atoms in total. The third-order valence-electron chi connectivity index (χ3n) is 1.56. The van der Waals surface area contributed by atoms with E-state index in [-0.39, 0.29) is 12.2 Å². The number of nitrogens with one attached hydrogen (secondary N) is 1. The highest BCUT2D eigenvalue weighted by atomic mass is 16.5. The second-order valence-corrected chi connectivity index (χ2v) is 3.19. The molecule has 0 atom stereocenters. The van der Waals surface area contributed by atoms with E-state index in [1.807, 2.05) is 20.9 Å². The fraction of sp³-hybridized carbons (Fsp3) is 1.00. The summed E-state index contributed by atoms with van der Waals surface area (Å²) in [6.07, 6.45) is 0.691. The van der Waals surface area contributed by atoms with Crippen LogP contribution in [0.4, 0.5) is 0 Å². The van der Waals surface area contributed by atoms with E-state index in [2.05, 4.69) is 5.32 Å². The maximum Gasteiger partial charge on any atom is 0.0649 e. The summed E-state index contributed by atoms with van der Waals surface area (Å²) in [5, 5.41) is 11.7. The highest BCUT2D eigenvalue weighted by Crippen LogP contribution is 2.12. The molecule has 0 fully saturated rings. The van der Waals surface area contributed by atoms with Gasteiger partial charge >= 0.3 is 0 Å². The third kappa shape index (κ3) is 6.28. The Labute approximate surface area is 68.8 Å². The van der Waals surface area contributed by atoms with Crippen molar-refractivity contribution in [3.8, 4) is 0 Å². The standard InChI is InChI=1S/C8H19NO2/c1-8(2,4-6-10)11-7-5-9-3/h9-10H,4-7H2,1-3H3. The molecule has 68 valence electrons. The maximum atomic E-state index is 8.66. The van der Waals surface area contributed by atoms with Gasteiger partial charge in [-0.15, -0.1) is 0 Å². The lowest BCUT2D eigenvalue weighted by molar-refractivity contribution is -0.0303. The molecule has 2 N–H and O–H groups in total. The molecule has 0 heterocycles. The lowest BCUT2D eigenvalue weighted by atomic mass is 10.1. The van der Waals surface area contributed by atoms with Crippen LogP contribution < -0.4 is 5.32 Å². The van der Waals surface area contributed by atoms with Crippen molar-refractivity contribution in [2.75, 3.05) is 26.8 Å². The zero-order valence-corrected chi connectivity index (χ0v) is 7.68. The second kappa shape index (κ2) is 5.52. The van der Waals surface area contributed by atoms with Crippen molar-refractivity contribution in [3.05, 3.63) is 0 Å². The van der Waals surface area contributed by atoms with Crippen molar-refractivity contribution in [1.82, 2.24) is 5.32 Å². The van der Waals surface area contributed by atoms with Crippen LogP contribution in [0.2, 0.25) is 0 Å². The van der Waals surface area contributed by atoms with Gasteiger partial charge in [-0.3, -0.25) is 0 Å². The topological polar surface area (TPSA) is 41.5 Å². The number of aliphatic hydroxyl groups excluding tert-OH is 1. The summed E-state index contributed by atoms with van der Waals surface area (Å²) in [5.74, 6) is 0. The van der Waals surface area contributed by atoms with Gasteiger partial charge < -0.3 is 15.2 Å². The fourth-order valence-corrected chi connectivity index (χ4v) is 0.771. The van der Waals surface area contributed by atoms with Crippen LogP contribution in [0.1, 0.15) is 20.3 Å². The van der Waals surface area contributed by atoms with Gasteiger partial charge in [0, 0.05) is 13.2 Å². The first kappa shape index (κ1) is 10.9. The molecule has 0 radical (unpaired) electrons. The van der Waals surface area contributed by atoms with Crippen LogP contribution in [0, 0.1) is 0 Å². The van der Waals surface area contributed by atoms with Gasteiger partial charge in [-0.1, -0.05) is 0 Å². The second-order valence-electron chi connectivity index (χ2n) is 3.19. The first-order valence-corrected chi connectivity index (χ1v) is 4.02. The van der Waals surface area contributed by atoms with Gasteiger partial charge in [0.25, 0.3) is 0 Å². The van der Waals surface area contributed by atoms with E-state index in [1.54, 1.807) is 0 Å². The third-order valence-corrected chi connectivity index (χ3v) is 1.56. The van der Waals surface area contributed by atoms with Gasteiger partial charge in [-0.05, 0) is 27.3 Å². The van der Waals surface area contributed by atoms with E-state index >= 15 is 0 Å². The Morgan fingerprint density at radius 1 is 1.45 bits per heavy atom. The average Bonchev–Trinajstić information content (AvgIpc) is 1.87. The Kier molecular flexibility index (Phi) is 5.46. The van der Waals surface area contributed by atoms with Crippen LogP contribution in [-0.2, 0) is 4.74 Å². The van der Waals surface area contributed by atoms with E-state index in [4.69, 9.17) is 9.84 Å². The lowest BCUT2D eigenvalue weighted by Gasteiger charge is -2.24. The molecule has 0 aliphatic heterocycles. The number of aliphatic hydroxyl groups is 1. The normalized spacial score (nSPS) is 12.0. The Bertz CT molecular complexity index is 94.1. The van der Waals surface area contributed by atoms with E-state index in [0.29, 0.717) is 13.0 Å². The van der Waals surface area contributed by atoms with Crippen LogP contribution in [0.25, 0.3) is 0 Å². The zero-order chi connectivity index (χ0) is 8.74. The van der Waals surface area contributed by atoms with E-state index in [9.17, 15) is 0 Å². The smallest absolute Gasteiger partial charge is 0.0649 e. The SMILES string of the molecule is CNCCOC(C)(C)CCO. The minimum atomic E-state index is -0.189. The van der Waals surface area contributed by atoms with Crippen molar-refractivity contribution >= 4 is 0 Å². The molecule has 0 unspecified atom stereocenters. The molecule has 0 aromatic rings. The molecule has 0 saturated carbocycles. The molecule has 0 rings (SSSR count). The van der Waals surface area contributed by atoms with Gasteiger partial charge in [-0.25, -0.2) is 0 Å². The molecule has 0 spiro atoms. The van der Waals surface area contributed by atoms with Crippen molar-refractivity contribution in [2.45, 2.75) is 25.9 Å². The molecule has 0 aromatic heterocycles. The number of rotatable bonds is 6. The highest BCUT2D eigenvalue weighted by molar-refractivity contribution is 4.67.